The monoisotopic (exact) mass is 244 g/mol. The third-order valence-corrected chi connectivity index (χ3v) is 4.80. The minimum Gasteiger partial charge on any atom is -0.370 e. The predicted molar refractivity (Wildman–Crippen MR) is 77.0 cm³/mol. The average molecular weight is 244 g/mol. The van der Waals surface area contributed by atoms with Crippen LogP contribution in [0.3, 0.4) is 0 Å². The Labute approximate surface area is 110 Å². The van der Waals surface area contributed by atoms with Crippen LogP contribution in [0.4, 0.5) is 5.69 Å². The number of rotatable bonds is 4. The average Bonchev–Trinajstić information content (AvgIpc) is 3.01. The van der Waals surface area contributed by atoms with Crippen molar-refractivity contribution in [1.82, 2.24) is 5.32 Å². The van der Waals surface area contributed by atoms with Gasteiger partial charge in [-0.2, -0.15) is 0 Å². The fourth-order valence-electron chi connectivity index (χ4n) is 3.80. The zero-order valence-corrected chi connectivity index (χ0v) is 11.3. The second kappa shape index (κ2) is 5.31. The zero-order valence-electron chi connectivity index (χ0n) is 11.3. The van der Waals surface area contributed by atoms with Crippen LogP contribution in [-0.4, -0.2) is 25.7 Å². The van der Waals surface area contributed by atoms with Crippen molar-refractivity contribution in [3.63, 3.8) is 0 Å². The molecule has 1 N–H and O–H groups in total. The summed E-state index contributed by atoms with van der Waals surface area (Å²) in [5.41, 5.74) is 1.36. The molecule has 1 saturated carbocycles. The summed E-state index contributed by atoms with van der Waals surface area (Å²) in [5, 5.41) is 3.75. The first-order valence-electron chi connectivity index (χ1n) is 7.42. The maximum atomic E-state index is 3.75. The van der Waals surface area contributed by atoms with E-state index in [0.29, 0.717) is 6.04 Å². The first-order valence-corrected chi connectivity index (χ1v) is 7.42. The number of likely N-dealkylation sites (N-methyl/N-ethyl adjacent to an activating group) is 1. The molecule has 1 aliphatic heterocycles. The van der Waals surface area contributed by atoms with Gasteiger partial charge in [-0.05, 0) is 50.3 Å². The van der Waals surface area contributed by atoms with E-state index in [9.17, 15) is 0 Å². The Bertz CT molecular complexity index is 376. The molecule has 2 fully saturated rings. The lowest BCUT2D eigenvalue weighted by Gasteiger charge is -2.29. The number of nitrogens with zero attached hydrogens (tertiary/aromatic N) is 1. The first kappa shape index (κ1) is 12.0. The molecule has 98 valence electrons. The molecule has 18 heavy (non-hydrogen) atoms. The van der Waals surface area contributed by atoms with Crippen molar-refractivity contribution in [3.8, 4) is 0 Å². The predicted octanol–water partition coefficient (Wildman–Crippen LogP) is 2.90. The number of para-hydroxylation sites is 1. The summed E-state index contributed by atoms with van der Waals surface area (Å²) in [6.45, 7) is 5.77. The molecule has 1 saturated heterocycles. The van der Waals surface area contributed by atoms with Gasteiger partial charge in [0.2, 0.25) is 0 Å². The molecule has 3 atom stereocenters. The van der Waals surface area contributed by atoms with Gasteiger partial charge in [0.25, 0.3) is 0 Å². The molecule has 1 heterocycles. The van der Waals surface area contributed by atoms with Crippen LogP contribution in [0.2, 0.25) is 0 Å². The number of hydrogen-bond donors (Lipinski definition) is 1. The minimum absolute atomic E-state index is 0.706. The maximum absolute atomic E-state index is 3.75. The largest absolute Gasteiger partial charge is 0.370 e. The van der Waals surface area contributed by atoms with Crippen LogP contribution in [0.25, 0.3) is 0 Å². The Hall–Kier alpha value is -1.02. The Kier molecular flexibility index (Phi) is 3.55. The van der Waals surface area contributed by atoms with Crippen LogP contribution in [0.15, 0.2) is 30.3 Å². The van der Waals surface area contributed by atoms with Crippen LogP contribution in [0, 0.1) is 11.8 Å². The Morgan fingerprint density at radius 1 is 1.22 bits per heavy atom. The molecule has 0 spiro atoms. The lowest BCUT2D eigenvalue weighted by atomic mass is 9.94. The summed E-state index contributed by atoms with van der Waals surface area (Å²) in [4.78, 5) is 2.51. The first-order chi connectivity index (χ1) is 8.88. The summed E-state index contributed by atoms with van der Waals surface area (Å²) >= 11 is 0. The van der Waals surface area contributed by atoms with Gasteiger partial charge in [-0.1, -0.05) is 24.6 Å². The third kappa shape index (κ3) is 2.26. The lowest BCUT2D eigenvalue weighted by molar-refractivity contribution is 0.410. The number of fused-ring (bicyclic) bond motifs is 1. The van der Waals surface area contributed by atoms with Crippen LogP contribution in [-0.2, 0) is 0 Å². The highest BCUT2D eigenvalue weighted by atomic mass is 15.2. The fraction of sp³-hybridized carbons (Fsp3) is 0.625. The summed E-state index contributed by atoms with van der Waals surface area (Å²) in [6.07, 6.45) is 4.34. The molecule has 1 aromatic carbocycles. The number of benzene rings is 1. The van der Waals surface area contributed by atoms with Gasteiger partial charge in [0, 0.05) is 24.8 Å². The number of anilines is 1. The summed E-state index contributed by atoms with van der Waals surface area (Å²) in [5.74, 6) is 1.90. The topological polar surface area (TPSA) is 15.3 Å². The molecule has 3 unspecified atom stereocenters. The fourth-order valence-corrected chi connectivity index (χ4v) is 3.80. The van der Waals surface area contributed by atoms with E-state index >= 15 is 0 Å². The summed E-state index contributed by atoms with van der Waals surface area (Å²) in [7, 11) is 0. The van der Waals surface area contributed by atoms with E-state index in [2.05, 4.69) is 47.5 Å². The van der Waals surface area contributed by atoms with Crippen LogP contribution < -0.4 is 10.2 Å². The molecule has 2 nitrogen and oxygen atoms in total. The summed E-state index contributed by atoms with van der Waals surface area (Å²) < 4.78 is 0. The van der Waals surface area contributed by atoms with Gasteiger partial charge >= 0.3 is 0 Å². The highest BCUT2D eigenvalue weighted by molar-refractivity contribution is 5.46. The van der Waals surface area contributed by atoms with Crippen molar-refractivity contribution in [2.75, 3.05) is 24.5 Å². The smallest absolute Gasteiger partial charge is 0.0366 e. The molecule has 2 aliphatic rings. The standard InChI is InChI=1S/C16H24N2/c1-2-18(14-8-4-3-5-9-14)12-16-15-10-6-7-13(15)11-17-16/h3-5,8-9,13,15-17H,2,6-7,10-12H2,1H3. The van der Waals surface area contributed by atoms with E-state index in [1.165, 1.54) is 38.0 Å². The van der Waals surface area contributed by atoms with Gasteiger partial charge < -0.3 is 10.2 Å². The van der Waals surface area contributed by atoms with Gasteiger partial charge in [0.1, 0.15) is 0 Å². The van der Waals surface area contributed by atoms with E-state index in [-0.39, 0.29) is 0 Å². The number of nitrogens with one attached hydrogen (secondary N) is 1. The highest BCUT2D eigenvalue weighted by Gasteiger charge is 2.39. The molecule has 0 aromatic heterocycles. The SMILES string of the molecule is CCN(CC1NCC2CCCC21)c1ccccc1. The van der Waals surface area contributed by atoms with Crippen LogP contribution in [0.1, 0.15) is 26.2 Å². The highest BCUT2D eigenvalue weighted by Crippen LogP contribution is 2.38. The lowest BCUT2D eigenvalue weighted by Crippen LogP contribution is -2.40. The zero-order chi connectivity index (χ0) is 12.4. The molecule has 1 aromatic rings. The molecule has 0 amide bonds. The Morgan fingerprint density at radius 2 is 2.06 bits per heavy atom. The Balaban J connectivity index is 1.67. The van der Waals surface area contributed by atoms with Crippen molar-refractivity contribution in [2.45, 2.75) is 32.2 Å². The van der Waals surface area contributed by atoms with Gasteiger partial charge in [-0.15, -0.1) is 0 Å². The normalized spacial score (nSPS) is 30.4. The maximum Gasteiger partial charge on any atom is 0.0366 e. The van der Waals surface area contributed by atoms with E-state index in [1.54, 1.807) is 0 Å². The van der Waals surface area contributed by atoms with E-state index in [4.69, 9.17) is 0 Å². The van der Waals surface area contributed by atoms with Crippen molar-refractivity contribution in [2.24, 2.45) is 11.8 Å². The van der Waals surface area contributed by atoms with Crippen molar-refractivity contribution in [1.29, 1.82) is 0 Å². The van der Waals surface area contributed by atoms with Gasteiger partial charge in [-0.25, -0.2) is 0 Å². The summed E-state index contributed by atoms with van der Waals surface area (Å²) in [6, 6.07) is 11.5. The number of hydrogen-bond acceptors (Lipinski definition) is 2. The van der Waals surface area contributed by atoms with Crippen molar-refractivity contribution < 1.29 is 0 Å². The molecule has 0 radical (unpaired) electrons. The van der Waals surface area contributed by atoms with Crippen molar-refractivity contribution in [3.05, 3.63) is 30.3 Å². The van der Waals surface area contributed by atoms with Gasteiger partial charge in [-0.3, -0.25) is 0 Å². The van der Waals surface area contributed by atoms with E-state index in [0.717, 1.165) is 18.4 Å². The molecule has 2 heteroatoms. The van der Waals surface area contributed by atoms with Crippen molar-refractivity contribution >= 4 is 5.69 Å². The van der Waals surface area contributed by atoms with Crippen LogP contribution >= 0.6 is 0 Å². The van der Waals surface area contributed by atoms with E-state index < -0.39 is 0 Å². The van der Waals surface area contributed by atoms with E-state index in [1.807, 2.05) is 0 Å². The minimum atomic E-state index is 0.706. The molecular weight excluding hydrogens is 220 g/mol. The van der Waals surface area contributed by atoms with Gasteiger partial charge in [0.15, 0.2) is 0 Å². The molecule has 3 rings (SSSR count). The van der Waals surface area contributed by atoms with Gasteiger partial charge in [0.05, 0.1) is 0 Å². The van der Waals surface area contributed by atoms with Crippen LogP contribution in [0.5, 0.6) is 0 Å². The second-order valence-electron chi connectivity index (χ2n) is 5.74. The second-order valence-corrected chi connectivity index (χ2v) is 5.74. The molecular formula is C16H24N2. The molecule has 0 bridgehead atoms. The Morgan fingerprint density at radius 3 is 2.83 bits per heavy atom. The third-order valence-electron chi connectivity index (χ3n) is 4.80. The molecule has 1 aliphatic carbocycles. The quantitative estimate of drug-likeness (QED) is 0.876.